The average Bonchev–Trinajstić information content (AvgIpc) is 3.11. The Bertz CT molecular complexity index is 719. The average molecular weight is 301 g/mol. The summed E-state index contributed by atoms with van der Waals surface area (Å²) in [6.45, 7) is 4.93. The van der Waals surface area contributed by atoms with Crippen LogP contribution in [0.2, 0.25) is 0 Å². The van der Waals surface area contributed by atoms with Gasteiger partial charge in [0.25, 0.3) is 0 Å². The Morgan fingerprint density at radius 1 is 1.14 bits per heavy atom. The minimum Gasteiger partial charge on any atom is -0.329 e. The lowest BCUT2D eigenvalue weighted by atomic mass is 9.83. The van der Waals surface area contributed by atoms with Crippen LogP contribution in [-0.4, -0.2) is 26.4 Å². The number of nitrogens with two attached hydrogens (primary N) is 1. The maximum absolute atomic E-state index is 6.02. The monoisotopic (exact) mass is 301 g/mol. The zero-order valence-corrected chi connectivity index (χ0v) is 13.1. The van der Waals surface area contributed by atoms with Gasteiger partial charge < -0.3 is 5.73 Å². The van der Waals surface area contributed by atoms with Crippen molar-refractivity contribution >= 4 is 16.3 Å². The van der Waals surface area contributed by atoms with Crippen LogP contribution in [-0.2, 0) is 5.41 Å². The van der Waals surface area contributed by atoms with Gasteiger partial charge in [-0.15, -0.1) is 10.2 Å². The highest BCUT2D eigenvalue weighted by Crippen LogP contribution is 2.34. The summed E-state index contributed by atoms with van der Waals surface area (Å²) >= 11 is 1.59. The standard InChI is InChI=1S/C15H19N5S/c1-3-15(4-2,10-16)13-19-20-12(17-18-14(20)21-13)11-8-6-5-7-9-11/h5-9H,3-4,10,16H2,1-2H3. The van der Waals surface area contributed by atoms with E-state index in [2.05, 4.69) is 24.0 Å². The quantitative estimate of drug-likeness (QED) is 0.786. The molecule has 0 spiro atoms. The van der Waals surface area contributed by atoms with E-state index in [-0.39, 0.29) is 5.41 Å². The number of fused-ring (bicyclic) bond motifs is 1. The van der Waals surface area contributed by atoms with Crippen molar-refractivity contribution in [2.45, 2.75) is 32.1 Å². The predicted molar refractivity (Wildman–Crippen MR) is 85.4 cm³/mol. The van der Waals surface area contributed by atoms with E-state index in [1.807, 2.05) is 34.8 Å². The minimum absolute atomic E-state index is 0.0562. The summed E-state index contributed by atoms with van der Waals surface area (Å²) in [6.07, 6.45) is 1.95. The van der Waals surface area contributed by atoms with Crippen LogP contribution < -0.4 is 5.73 Å². The van der Waals surface area contributed by atoms with Gasteiger partial charge in [-0.2, -0.15) is 9.61 Å². The van der Waals surface area contributed by atoms with Gasteiger partial charge in [0.2, 0.25) is 4.96 Å². The molecule has 2 N–H and O–H groups in total. The van der Waals surface area contributed by atoms with Crippen molar-refractivity contribution in [2.24, 2.45) is 5.73 Å². The van der Waals surface area contributed by atoms with E-state index in [0.717, 1.165) is 34.2 Å². The molecule has 0 aliphatic carbocycles. The Morgan fingerprint density at radius 2 is 1.86 bits per heavy atom. The number of hydrogen-bond donors (Lipinski definition) is 1. The molecule has 3 rings (SSSR count). The summed E-state index contributed by atoms with van der Waals surface area (Å²) in [7, 11) is 0. The smallest absolute Gasteiger partial charge is 0.234 e. The summed E-state index contributed by atoms with van der Waals surface area (Å²) in [5, 5.41) is 14.3. The molecule has 0 aliphatic heterocycles. The van der Waals surface area contributed by atoms with Crippen molar-refractivity contribution in [2.75, 3.05) is 6.54 Å². The fourth-order valence-electron chi connectivity index (χ4n) is 2.53. The van der Waals surface area contributed by atoms with E-state index < -0.39 is 0 Å². The topological polar surface area (TPSA) is 69.1 Å². The highest BCUT2D eigenvalue weighted by atomic mass is 32.1. The van der Waals surface area contributed by atoms with Crippen LogP contribution in [0.4, 0.5) is 0 Å². The first-order valence-corrected chi connectivity index (χ1v) is 8.04. The van der Waals surface area contributed by atoms with Crippen molar-refractivity contribution in [3.63, 3.8) is 0 Å². The van der Waals surface area contributed by atoms with Gasteiger partial charge >= 0.3 is 0 Å². The molecule has 0 saturated carbocycles. The fraction of sp³-hybridized carbons (Fsp3) is 0.400. The molecule has 6 heteroatoms. The number of rotatable bonds is 5. The first-order valence-electron chi connectivity index (χ1n) is 7.22. The van der Waals surface area contributed by atoms with Gasteiger partial charge in [-0.05, 0) is 12.8 Å². The molecule has 2 aromatic heterocycles. The van der Waals surface area contributed by atoms with E-state index in [0.29, 0.717) is 6.54 Å². The molecule has 0 amide bonds. The molecule has 0 fully saturated rings. The van der Waals surface area contributed by atoms with Crippen LogP contribution in [0.15, 0.2) is 30.3 Å². The summed E-state index contributed by atoms with van der Waals surface area (Å²) in [5.41, 5.74) is 6.99. The number of aromatic nitrogens is 4. The fourth-order valence-corrected chi connectivity index (χ4v) is 3.71. The van der Waals surface area contributed by atoms with Gasteiger partial charge in [0.1, 0.15) is 5.01 Å². The number of nitrogens with zero attached hydrogens (tertiary/aromatic N) is 4. The third-order valence-corrected chi connectivity index (χ3v) is 5.37. The lowest BCUT2D eigenvalue weighted by Crippen LogP contribution is -2.33. The molecule has 0 aliphatic rings. The van der Waals surface area contributed by atoms with Crippen molar-refractivity contribution in [1.82, 2.24) is 19.8 Å². The Kier molecular flexibility index (Phi) is 3.73. The number of benzene rings is 1. The van der Waals surface area contributed by atoms with Gasteiger partial charge in [0.05, 0.1) is 0 Å². The zero-order chi connectivity index (χ0) is 14.9. The summed E-state index contributed by atoms with van der Waals surface area (Å²) in [4.78, 5) is 0.823. The van der Waals surface area contributed by atoms with Crippen LogP contribution in [0.1, 0.15) is 31.7 Å². The Labute approximate surface area is 127 Å². The maximum atomic E-state index is 6.02. The Balaban J connectivity index is 2.12. The van der Waals surface area contributed by atoms with Crippen molar-refractivity contribution in [1.29, 1.82) is 0 Å². The van der Waals surface area contributed by atoms with E-state index in [4.69, 9.17) is 10.8 Å². The SMILES string of the molecule is CCC(CC)(CN)c1nn2c(-c3ccccc3)nnc2s1. The van der Waals surface area contributed by atoms with Crippen molar-refractivity contribution < 1.29 is 0 Å². The summed E-state index contributed by atoms with van der Waals surface area (Å²) in [6, 6.07) is 10.0. The van der Waals surface area contributed by atoms with Crippen LogP contribution in [0, 0.1) is 0 Å². The van der Waals surface area contributed by atoms with E-state index in [1.54, 1.807) is 11.3 Å². The molecule has 2 heterocycles. The van der Waals surface area contributed by atoms with Gasteiger partial charge in [-0.3, -0.25) is 0 Å². The molecule has 0 unspecified atom stereocenters. The molecular formula is C15H19N5S. The molecule has 0 atom stereocenters. The zero-order valence-electron chi connectivity index (χ0n) is 12.3. The molecule has 1 aromatic carbocycles. The molecule has 3 aromatic rings. The molecule has 5 nitrogen and oxygen atoms in total. The highest BCUT2D eigenvalue weighted by molar-refractivity contribution is 7.16. The normalized spacial score (nSPS) is 12.1. The van der Waals surface area contributed by atoms with Crippen LogP contribution in [0.5, 0.6) is 0 Å². The highest BCUT2D eigenvalue weighted by Gasteiger charge is 2.31. The van der Waals surface area contributed by atoms with Crippen molar-refractivity contribution in [3.8, 4) is 11.4 Å². The maximum Gasteiger partial charge on any atom is 0.234 e. The van der Waals surface area contributed by atoms with E-state index in [1.165, 1.54) is 0 Å². The molecule has 21 heavy (non-hydrogen) atoms. The summed E-state index contributed by atoms with van der Waals surface area (Å²) in [5.74, 6) is 0.784. The third kappa shape index (κ3) is 2.24. The lowest BCUT2D eigenvalue weighted by molar-refractivity contribution is 0.401. The van der Waals surface area contributed by atoms with Gasteiger partial charge in [0, 0.05) is 17.5 Å². The molecule has 110 valence electrons. The van der Waals surface area contributed by atoms with Crippen LogP contribution in [0.3, 0.4) is 0 Å². The predicted octanol–water partition coefficient (Wildman–Crippen LogP) is 2.87. The van der Waals surface area contributed by atoms with Crippen molar-refractivity contribution in [3.05, 3.63) is 35.3 Å². The summed E-state index contributed by atoms with van der Waals surface area (Å²) < 4.78 is 1.84. The minimum atomic E-state index is -0.0562. The number of hydrogen-bond acceptors (Lipinski definition) is 5. The molecular weight excluding hydrogens is 282 g/mol. The molecule has 0 bridgehead atoms. The van der Waals surface area contributed by atoms with Crippen LogP contribution >= 0.6 is 11.3 Å². The largest absolute Gasteiger partial charge is 0.329 e. The first kappa shape index (κ1) is 14.2. The Morgan fingerprint density at radius 3 is 2.48 bits per heavy atom. The van der Waals surface area contributed by atoms with E-state index >= 15 is 0 Å². The van der Waals surface area contributed by atoms with E-state index in [9.17, 15) is 0 Å². The van der Waals surface area contributed by atoms with Gasteiger partial charge in [0.15, 0.2) is 5.82 Å². The van der Waals surface area contributed by atoms with Gasteiger partial charge in [-0.1, -0.05) is 55.5 Å². The molecule has 0 saturated heterocycles. The second-order valence-electron chi connectivity index (χ2n) is 5.18. The second-order valence-corrected chi connectivity index (χ2v) is 6.14. The van der Waals surface area contributed by atoms with Gasteiger partial charge in [-0.25, -0.2) is 0 Å². The second kappa shape index (κ2) is 5.54. The Hall–Kier alpha value is -1.79. The lowest BCUT2D eigenvalue weighted by Gasteiger charge is -2.26. The van der Waals surface area contributed by atoms with Crippen LogP contribution in [0.25, 0.3) is 16.3 Å². The third-order valence-electron chi connectivity index (χ3n) is 4.22. The molecule has 0 radical (unpaired) electrons. The first-order chi connectivity index (χ1) is 10.2.